The average molecular weight is 524 g/mol. The van der Waals surface area contributed by atoms with E-state index in [4.69, 9.17) is 11.6 Å². The molecule has 0 spiro atoms. The van der Waals surface area contributed by atoms with Gasteiger partial charge in [0.25, 0.3) is 5.91 Å². The molecular weight excluding hydrogens is 482 g/mol. The van der Waals surface area contributed by atoms with E-state index in [9.17, 15) is 4.79 Å². The molecule has 1 fully saturated rings. The number of rotatable bonds is 10. The van der Waals surface area contributed by atoms with Crippen molar-refractivity contribution >= 4 is 29.0 Å². The molecule has 0 atom stereocenters. The molecule has 1 aliphatic rings. The Hall–Kier alpha value is -2.83. The summed E-state index contributed by atoms with van der Waals surface area (Å²) in [5.74, 6) is 0.548. The van der Waals surface area contributed by atoms with Crippen LogP contribution in [0.25, 0.3) is 0 Å². The molecule has 3 rings (SSSR count). The molecule has 0 aliphatic heterocycles. The Balaban J connectivity index is 1.74. The van der Waals surface area contributed by atoms with Crippen LogP contribution >= 0.6 is 11.6 Å². The summed E-state index contributed by atoms with van der Waals surface area (Å²) in [7, 11) is 4.33. The summed E-state index contributed by atoms with van der Waals surface area (Å²) in [4.78, 5) is 22.8. The van der Waals surface area contributed by atoms with E-state index < -0.39 is 0 Å². The first-order chi connectivity index (χ1) is 17.8. The Morgan fingerprint density at radius 3 is 2.41 bits per heavy atom. The van der Waals surface area contributed by atoms with Crippen molar-refractivity contribution in [2.75, 3.05) is 32.1 Å². The van der Waals surface area contributed by atoms with Crippen molar-refractivity contribution in [2.24, 2.45) is 4.99 Å². The van der Waals surface area contributed by atoms with Crippen molar-refractivity contribution in [1.29, 1.82) is 0 Å². The van der Waals surface area contributed by atoms with Gasteiger partial charge in [-0.25, -0.2) is 0 Å². The smallest absolute Gasteiger partial charge is 0.252 e. The first-order valence-corrected chi connectivity index (χ1v) is 13.7. The molecule has 200 valence electrons. The van der Waals surface area contributed by atoms with Gasteiger partial charge in [-0.2, -0.15) is 0 Å². The Morgan fingerprint density at radius 1 is 1.11 bits per heavy atom. The quantitative estimate of drug-likeness (QED) is 0.305. The minimum absolute atomic E-state index is 0.150. The number of hydrogen-bond acceptors (Lipinski definition) is 4. The van der Waals surface area contributed by atoms with Gasteiger partial charge in [-0.05, 0) is 90.0 Å². The molecule has 2 aromatic rings. The first-order valence-electron chi connectivity index (χ1n) is 13.3. The molecule has 0 aromatic heterocycles. The Kier molecular flexibility index (Phi) is 11.0. The van der Waals surface area contributed by atoms with Crippen LogP contribution in [-0.4, -0.2) is 55.9 Å². The molecular formula is C30H42ClN5O. The second-order valence-electron chi connectivity index (χ2n) is 9.88. The maximum atomic E-state index is 13.3. The van der Waals surface area contributed by atoms with Crippen molar-refractivity contribution < 1.29 is 4.79 Å². The maximum absolute atomic E-state index is 13.3. The second-order valence-corrected chi connectivity index (χ2v) is 10.3. The Morgan fingerprint density at radius 2 is 1.78 bits per heavy atom. The van der Waals surface area contributed by atoms with Crippen molar-refractivity contribution in [2.45, 2.75) is 65.1 Å². The van der Waals surface area contributed by atoms with Crippen LogP contribution in [-0.2, 0) is 6.54 Å². The molecule has 0 heterocycles. The number of benzene rings is 2. The summed E-state index contributed by atoms with van der Waals surface area (Å²) >= 11 is 6.56. The fourth-order valence-electron chi connectivity index (χ4n) is 5.07. The molecule has 0 radical (unpaired) electrons. The third kappa shape index (κ3) is 8.08. The van der Waals surface area contributed by atoms with Crippen LogP contribution in [0.5, 0.6) is 0 Å². The van der Waals surface area contributed by atoms with Crippen LogP contribution < -0.4 is 15.5 Å². The largest absolute Gasteiger partial charge is 0.369 e. The molecule has 2 aromatic carbocycles. The van der Waals surface area contributed by atoms with Gasteiger partial charge in [0.1, 0.15) is 5.84 Å². The van der Waals surface area contributed by atoms with Crippen LogP contribution in [0.3, 0.4) is 0 Å². The van der Waals surface area contributed by atoms with E-state index in [2.05, 4.69) is 46.4 Å². The fourth-order valence-corrected chi connectivity index (χ4v) is 5.28. The minimum atomic E-state index is -0.150. The van der Waals surface area contributed by atoms with Crippen LogP contribution in [0.15, 0.2) is 59.7 Å². The maximum Gasteiger partial charge on any atom is 0.252 e. The zero-order valence-electron chi connectivity index (χ0n) is 22.9. The molecule has 1 saturated carbocycles. The number of carbonyl (C=O) groups is 1. The Labute approximate surface area is 227 Å². The van der Waals surface area contributed by atoms with E-state index in [0.717, 1.165) is 36.2 Å². The zero-order chi connectivity index (χ0) is 26.8. The van der Waals surface area contributed by atoms with Crippen molar-refractivity contribution in [3.8, 4) is 0 Å². The summed E-state index contributed by atoms with van der Waals surface area (Å²) in [6.07, 6.45) is 8.38. The van der Waals surface area contributed by atoms with Gasteiger partial charge in [0, 0.05) is 34.9 Å². The topological polar surface area (TPSA) is 60.0 Å². The van der Waals surface area contributed by atoms with Gasteiger partial charge in [0.05, 0.1) is 13.1 Å². The number of aliphatic imine (C=N–C) groups is 1. The molecule has 1 aliphatic carbocycles. The van der Waals surface area contributed by atoms with Crippen LogP contribution in [0, 0.1) is 6.92 Å². The van der Waals surface area contributed by atoms with Crippen LogP contribution in [0.4, 0.5) is 5.69 Å². The fraction of sp³-hybridized carbons (Fsp3) is 0.467. The number of carbonyl (C=O) groups excluding carboxylic acids is 1. The lowest BCUT2D eigenvalue weighted by molar-refractivity contribution is 0.0958. The Bertz CT molecular complexity index is 1070. The van der Waals surface area contributed by atoms with E-state index in [1.807, 2.05) is 62.5 Å². The number of nitrogens with zero attached hydrogens (tertiary/aromatic N) is 3. The van der Waals surface area contributed by atoms with Crippen LogP contribution in [0.1, 0.15) is 61.0 Å². The molecule has 37 heavy (non-hydrogen) atoms. The molecule has 0 bridgehead atoms. The lowest BCUT2D eigenvalue weighted by atomic mass is 9.89. The predicted octanol–water partition coefficient (Wildman–Crippen LogP) is 5.80. The minimum Gasteiger partial charge on any atom is -0.369 e. The predicted molar refractivity (Wildman–Crippen MR) is 157 cm³/mol. The highest BCUT2D eigenvalue weighted by Crippen LogP contribution is 2.34. The second kappa shape index (κ2) is 14.2. The SMILES string of the molecule is C/C=C\NC(CNC(=O)c1cc(Cl)cc(N(CC)C2CCC(N(C)C)CC2)c1C)=NCc1ccccc1. The van der Waals surface area contributed by atoms with Crippen molar-refractivity contribution in [3.05, 3.63) is 76.5 Å². The molecule has 7 heteroatoms. The standard InChI is InChI=1S/C30H42ClN5O/c1-6-17-32-29(33-20-23-11-9-8-10-12-23)21-34-30(37)27-18-24(31)19-28(22(27)3)36(7-2)26-15-13-25(14-16-26)35(4)5/h6,8-12,17-19,25-26H,7,13-16,20-21H2,1-5H3,(H,32,33)(H,34,37)/b17-6-. The average Bonchev–Trinajstić information content (AvgIpc) is 2.91. The number of allylic oxidation sites excluding steroid dienone is 1. The van der Waals surface area contributed by atoms with E-state index in [1.54, 1.807) is 6.07 Å². The zero-order valence-corrected chi connectivity index (χ0v) is 23.7. The van der Waals surface area contributed by atoms with E-state index >= 15 is 0 Å². The van der Waals surface area contributed by atoms with E-state index in [-0.39, 0.29) is 5.91 Å². The van der Waals surface area contributed by atoms with Gasteiger partial charge in [-0.3, -0.25) is 9.79 Å². The number of halogens is 1. The third-order valence-electron chi connectivity index (χ3n) is 7.21. The van der Waals surface area contributed by atoms with Gasteiger partial charge in [0.15, 0.2) is 0 Å². The number of amides is 1. The van der Waals surface area contributed by atoms with Crippen LogP contribution in [0.2, 0.25) is 5.02 Å². The number of nitrogens with one attached hydrogen (secondary N) is 2. The first kappa shape index (κ1) is 28.7. The van der Waals surface area contributed by atoms with Gasteiger partial charge < -0.3 is 20.4 Å². The van der Waals surface area contributed by atoms with Gasteiger partial charge >= 0.3 is 0 Å². The molecule has 1 amide bonds. The number of amidine groups is 1. The lowest BCUT2D eigenvalue weighted by Crippen LogP contribution is -2.42. The molecule has 0 unspecified atom stereocenters. The van der Waals surface area contributed by atoms with Gasteiger partial charge in [0.2, 0.25) is 0 Å². The summed E-state index contributed by atoms with van der Waals surface area (Å²) in [5.41, 5.74) is 3.74. The summed E-state index contributed by atoms with van der Waals surface area (Å²) in [5, 5.41) is 6.81. The highest BCUT2D eigenvalue weighted by atomic mass is 35.5. The summed E-state index contributed by atoms with van der Waals surface area (Å²) in [6.45, 7) is 7.85. The normalized spacial score (nSPS) is 18.3. The monoisotopic (exact) mass is 523 g/mol. The summed E-state index contributed by atoms with van der Waals surface area (Å²) < 4.78 is 0. The number of hydrogen-bond donors (Lipinski definition) is 2. The highest BCUT2D eigenvalue weighted by molar-refractivity contribution is 6.31. The molecule has 6 nitrogen and oxygen atoms in total. The summed E-state index contributed by atoms with van der Waals surface area (Å²) in [6, 6.07) is 14.9. The van der Waals surface area contributed by atoms with Gasteiger partial charge in [-0.1, -0.05) is 48.0 Å². The lowest BCUT2D eigenvalue weighted by Gasteiger charge is -2.40. The number of anilines is 1. The third-order valence-corrected chi connectivity index (χ3v) is 7.42. The highest BCUT2D eigenvalue weighted by Gasteiger charge is 2.28. The van der Waals surface area contributed by atoms with E-state index in [0.29, 0.717) is 41.6 Å². The molecule has 0 saturated heterocycles. The van der Waals surface area contributed by atoms with Gasteiger partial charge in [-0.15, -0.1) is 0 Å². The van der Waals surface area contributed by atoms with Crippen molar-refractivity contribution in [1.82, 2.24) is 15.5 Å². The van der Waals surface area contributed by atoms with E-state index in [1.165, 1.54) is 12.8 Å². The van der Waals surface area contributed by atoms with Crippen molar-refractivity contribution in [3.63, 3.8) is 0 Å². The molecule has 2 N–H and O–H groups in total.